The highest BCUT2D eigenvalue weighted by Crippen LogP contribution is 2.30. The summed E-state index contributed by atoms with van der Waals surface area (Å²) in [4.78, 5) is 30.3. The van der Waals surface area contributed by atoms with E-state index < -0.39 is 6.04 Å². The maximum absolute atomic E-state index is 13.0. The number of likely N-dealkylation sites (N-methyl/N-ethyl adjacent to an activating group) is 2. The molecule has 2 saturated heterocycles. The van der Waals surface area contributed by atoms with Crippen LogP contribution in [0.5, 0.6) is 0 Å². The van der Waals surface area contributed by atoms with Crippen LogP contribution in [0.2, 0.25) is 0 Å². The molecule has 0 saturated carbocycles. The van der Waals surface area contributed by atoms with Gasteiger partial charge < -0.3 is 4.90 Å². The predicted molar refractivity (Wildman–Crippen MR) is 106 cm³/mol. The fourth-order valence-corrected chi connectivity index (χ4v) is 4.12. The van der Waals surface area contributed by atoms with Gasteiger partial charge in [0.15, 0.2) is 6.29 Å². The molecule has 8 heteroatoms. The molecule has 0 radical (unpaired) electrons. The molecule has 8 nitrogen and oxygen atoms in total. The number of hydrogen-bond donors (Lipinski definition) is 1. The summed E-state index contributed by atoms with van der Waals surface area (Å²) in [6, 6.07) is 9.37. The van der Waals surface area contributed by atoms with Crippen molar-refractivity contribution in [2.75, 3.05) is 27.2 Å². The number of urea groups is 1. The minimum Gasteiger partial charge on any atom is -0.310 e. The topological polar surface area (TPSA) is 71.5 Å². The molecule has 3 aliphatic rings. The van der Waals surface area contributed by atoms with Gasteiger partial charge in [-0.1, -0.05) is 44.2 Å². The molecular formula is C20H28N6O2. The summed E-state index contributed by atoms with van der Waals surface area (Å²) < 4.78 is 0. The third-order valence-corrected chi connectivity index (χ3v) is 5.79. The molecule has 2 fully saturated rings. The van der Waals surface area contributed by atoms with Crippen LogP contribution in [0.15, 0.2) is 35.4 Å². The molecule has 0 bridgehead atoms. The van der Waals surface area contributed by atoms with Crippen LogP contribution in [0.3, 0.4) is 0 Å². The van der Waals surface area contributed by atoms with Gasteiger partial charge in [-0.3, -0.25) is 20.0 Å². The number of fused-ring (bicyclic) bond motifs is 3. The van der Waals surface area contributed by atoms with Gasteiger partial charge in [-0.25, -0.2) is 9.69 Å². The van der Waals surface area contributed by atoms with Gasteiger partial charge in [-0.15, -0.1) is 0 Å². The van der Waals surface area contributed by atoms with E-state index in [2.05, 4.69) is 24.1 Å². The van der Waals surface area contributed by atoms with Crippen molar-refractivity contribution in [3.05, 3.63) is 35.9 Å². The fraction of sp³-hybridized carbons (Fsp3) is 0.550. The Morgan fingerprint density at radius 2 is 1.89 bits per heavy atom. The Balaban J connectivity index is 1.69. The maximum atomic E-state index is 13.0. The standard InChI is InChI=1S/C20H28N6O2/c1-13(2)10-11-26-19-21-17-16(18(27)24(4)20(28)23(17)3)25(19)12-15(22-26)14-8-6-5-7-9-14/h5-9,13,16-17,19,21H,10-12H2,1-4H3. The lowest BCUT2D eigenvalue weighted by atomic mass is 10.1. The van der Waals surface area contributed by atoms with Gasteiger partial charge in [-0.2, -0.15) is 5.10 Å². The van der Waals surface area contributed by atoms with Gasteiger partial charge in [0.1, 0.15) is 12.2 Å². The third kappa shape index (κ3) is 3.06. The summed E-state index contributed by atoms with van der Waals surface area (Å²) in [7, 11) is 3.29. The number of amides is 3. The number of rotatable bonds is 4. The summed E-state index contributed by atoms with van der Waals surface area (Å²) in [5, 5.41) is 10.4. The second-order valence-electron chi connectivity index (χ2n) is 8.15. The second kappa shape index (κ2) is 7.18. The Kier molecular flexibility index (Phi) is 4.84. The predicted octanol–water partition coefficient (Wildman–Crippen LogP) is 1.16. The molecule has 0 aromatic heterocycles. The van der Waals surface area contributed by atoms with E-state index in [0.29, 0.717) is 12.5 Å². The van der Waals surface area contributed by atoms with Gasteiger partial charge >= 0.3 is 6.03 Å². The first-order valence-corrected chi connectivity index (χ1v) is 9.84. The Morgan fingerprint density at radius 3 is 2.57 bits per heavy atom. The zero-order chi connectivity index (χ0) is 20.0. The van der Waals surface area contributed by atoms with E-state index in [1.807, 2.05) is 35.3 Å². The Bertz CT molecular complexity index is 795. The summed E-state index contributed by atoms with van der Waals surface area (Å²) in [6.07, 6.45) is 0.440. The number of benzene rings is 1. The molecule has 1 aromatic carbocycles. The minimum absolute atomic E-state index is 0.166. The Labute approximate surface area is 165 Å². The van der Waals surface area contributed by atoms with Crippen LogP contribution >= 0.6 is 0 Å². The van der Waals surface area contributed by atoms with E-state index in [9.17, 15) is 9.59 Å². The normalized spacial score (nSPS) is 28.0. The number of hydrogen-bond acceptors (Lipinski definition) is 6. The number of carbonyl (C=O) groups excluding carboxylic acids is 2. The van der Waals surface area contributed by atoms with Crippen LogP contribution in [0, 0.1) is 5.92 Å². The van der Waals surface area contributed by atoms with Gasteiger partial charge in [0.05, 0.1) is 5.71 Å². The first-order valence-electron chi connectivity index (χ1n) is 9.84. The number of nitrogens with zero attached hydrogens (tertiary/aromatic N) is 5. The molecular weight excluding hydrogens is 356 g/mol. The highest BCUT2D eigenvalue weighted by Gasteiger charge is 2.55. The summed E-state index contributed by atoms with van der Waals surface area (Å²) in [6.45, 7) is 5.72. The largest absolute Gasteiger partial charge is 0.327 e. The molecule has 1 aromatic rings. The van der Waals surface area contributed by atoms with Crippen molar-refractivity contribution in [1.82, 2.24) is 25.0 Å². The van der Waals surface area contributed by atoms with E-state index >= 15 is 0 Å². The Morgan fingerprint density at radius 1 is 1.18 bits per heavy atom. The van der Waals surface area contributed by atoms with Crippen LogP contribution in [-0.4, -0.2) is 83.0 Å². The van der Waals surface area contributed by atoms with E-state index in [-0.39, 0.29) is 24.4 Å². The molecule has 3 unspecified atom stereocenters. The van der Waals surface area contributed by atoms with E-state index in [4.69, 9.17) is 5.10 Å². The number of hydrazone groups is 1. The molecule has 0 spiro atoms. The molecule has 4 rings (SSSR count). The maximum Gasteiger partial charge on any atom is 0.327 e. The fourth-order valence-electron chi connectivity index (χ4n) is 4.12. The zero-order valence-corrected chi connectivity index (χ0v) is 16.9. The quantitative estimate of drug-likeness (QED) is 0.844. The first kappa shape index (κ1) is 18.9. The lowest BCUT2D eigenvalue weighted by Crippen LogP contribution is -2.65. The molecule has 3 aliphatic heterocycles. The molecule has 150 valence electrons. The average molecular weight is 384 g/mol. The molecule has 0 aliphatic carbocycles. The van der Waals surface area contributed by atoms with Crippen LogP contribution in [0.4, 0.5) is 4.79 Å². The average Bonchev–Trinajstić information content (AvgIpc) is 3.09. The monoisotopic (exact) mass is 384 g/mol. The number of nitrogens with one attached hydrogen (secondary N) is 1. The van der Waals surface area contributed by atoms with Crippen molar-refractivity contribution < 1.29 is 9.59 Å². The summed E-state index contributed by atoms with van der Waals surface area (Å²) in [5.41, 5.74) is 2.00. The second-order valence-corrected chi connectivity index (χ2v) is 8.15. The van der Waals surface area contributed by atoms with Gasteiger partial charge in [0.2, 0.25) is 0 Å². The Hall–Kier alpha value is -2.45. The van der Waals surface area contributed by atoms with E-state index in [1.165, 1.54) is 4.90 Å². The highest BCUT2D eigenvalue weighted by molar-refractivity contribution is 6.04. The van der Waals surface area contributed by atoms with E-state index in [0.717, 1.165) is 24.2 Å². The SMILES string of the molecule is CC(C)CCN1N=C(c2ccccc2)CN2C3C(=O)N(C)C(=O)N(C)C3NC12. The van der Waals surface area contributed by atoms with E-state index in [1.54, 1.807) is 19.0 Å². The van der Waals surface area contributed by atoms with Crippen LogP contribution in [-0.2, 0) is 4.79 Å². The molecule has 3 amide bonds. The highest BCUT2D eigenvalue weighted by atomic mass is 16.2. The van der Waals surface area contributed by atoms with Gasteiger partial charge in [0.25, 0.3) is 5.91 Å². The lowest BCUT2D eigenvalue weighted by Gasteiger charge is -2.41. The van der Waals surface area contributed by atoms with Crippen LogP contribution in [0.1, 0.15) is 25.8 Å². The van der Waals surface area contributed by atoms with Crippen molar-refractivity contribution in [3.63, 3.8) is 0 Å². The zero-order valence-electron chi connectivity index (χ0n) is 16.9. The smallest absolute Gasteiger partial charge is 0.310 e. The van der Waals surface area contributed by atoms with Crippen LogP contribution in [0.25, 0.3) is 0 Å². The number of carbonyl (C=O) groups is 2. The first-order chi connectivity index (χ1) is 13.4. The number of imide groups is 1. The van der Waals surface area contributed by atoms with Gasteiger partial charge in [0, 0.05) is 27.2 Å². The molecule has 1 N–H and O–H groups in total. The van der Waals surface area contributed by atoms with Crippen molar-refractivity contribution >= 4 is 17.6 Å². The molecule has 3 atom stereocenters. The van der Waals surface area contributed by atoms with Crippen LogP contribution < -0.4 is 5.32 Å². The van der Waals surface area contributed by atoms with Crippen molar-refractivity contribution in [2.45, 2.75) is 38.8 Å². The summed E-state index contributed by atoms with van der Waals surface area (Å²) in [5.74, 6) is 0.382. The van der Waals surface area contributed by atoms with Gasteiger partial charge in [-0.05, 0) is 17.9 Å². The van der Waals surface area contributed by atoms with Crippen molar-refractivity contribution in [1.29, 1.82) is 0 Å². The summed E-state index contributed by atoms with van der Waals surface area (Å²) >= 11 is 0. The molecule has 28 heavy (non-hydrogen) atoms. The minimum atomic E-state index is -0.423. The lowest BCUT2D eigenvalue weighted by molar-refractivity contribution is -0.137. The van der Waals surface area contributed by atoms with Crippen molar-refractivity contribution in [3.8, 4) is 0 Å². The molecule has 3 heterocycles. The third-order valence-electron chi connectivity index (χ3n) is 5.79. The van der Waals surface area contributed by atoms with Crippen molar-refractivity contribution in [2.24, 2.45) is 11.0 Å².